The minimum atomic E-state index is -0.691. The molecule has 0 aromatic heterocycles. The fourth-order valence-corrected chi connectivity index (χ4v) is 3.29. The highest BCUT2D eigenvalue weighted by atomic mass is 16.8. The summed E-state index contributed by atoms with van der Waals surface area (Å²) in [7, 11) is 0. The molecule has 0 bridgehead atoms. The minimum absolute atomic E-state index is 0.0570. The summed E-state index contributed by atoms with van der Waals surface area (Å²) in [5.74, 6) is -1.31. The van der Waals surface area contributed by atoms with Gasteiger partial charge in [0.05, 0.1) is 24.7 Å². The molecule has 0 aromatic rings. The van der Waals surface area contributed by atoms with Crippen LogP contribution in [0.3, 0.4) is 0 Å². The van der Waals surface area contributed by atoms with Crippen molar-refractivity contribution >= 4 is 0 Å². The van der Waals surface area contributed by atoms with Gasteiger partial charge in [0.1, 0.15) is 12.2 Å². The maximum atomic E-state index is 9.89. The van der Waals surface area contributed by atoms with E-state index in [0.29, 0.717) is 6.61 Å². The summed E-state index contributed by atoms with van der Waals surface area (Å²) in [6.45, 7) is 9.76. The zero-order valence-electron chi connectivity index (χ0n) is 12.7. The second kappa shape index (κ2) is 4.38. The zero-order chi connectivity index (χ0) is 14.8. The van der Waals surface area contributed by atoms with Gasteiger partial charge in [-0.2, -0.15) is 0 Å². The quantitative estimate of drug-likeness (QED) is 0.818. The van der Waals surface area contributed by atoms with Crippen molar-refractivity contribution in [3.8, 4) is 0 Å². The lowest BCUT2D eigenvalue weighted by Gasteiger charge is -2.35. The van der Waals surface area contributed by atoms with Gasteiger partial charge in [0.2, 0.25) is 0 Å². The molecule has 3 rings (SSSR count). The van der Waals surface area contributed by atoms with Gasteiger partial charge in [0, 0.05) is 0 Å². The molecule has 6 nitrogen and oxygen atoms in total. The monoisotopic (exact) mass is 288 g/mol. The van der Waals surface area contributed by atoms with E-state index in [9.17, 15) is 5.11 Å². The largest absolute Gasteiger partial charge is 0.396 e. The smallest absolute Gasteiger partial charge is 0.188 e. The molecule has 0 amide bonds. The molecular weight excluding hydrogens is 264 g/mol. The lowest BCUT2D eigenvalue weighted by molar-refractivity contribution is -0.238. The second-order valence-corrected chi connectivity index (χ2v) is 7.01. The van der Waals surface area contributed by atoms with Crippen molar-refractivity contribution in [2.24, 2.45) is 5.41 Å². The van der Waals surface area contributed by atoms with E-state index in [1.165, 1.54) is 0 Å². The lowest BCUT2D eigenvalue weighted by Crippen LogP contribution is -2.48. The summed E-state index contributed by atoms with van der Waals surface area (Å²) in [5.41, 5.74) is -0.577. The normalized spacial score (nSPS) is 49.5. The maximum absolute atomic E-state index is 9.89. The van der Waals surface area contributed by atoms with Crippen LogP contribution in [-0.4, -0.2) is 54.5 Å². The summed E-state index contributed by atoms with van der Waals surface area (Å²) in [5, 5.41) is 9.89. The first-order valence-corrected chi connectivity index (χ1v) is 7.11. The predicted octanol–water partition coefficient (Wildman–Crippen LogP) is 1.01. The maximum Gasteiger partial charge on any atom is 0.188 e. The molecule has 5 atom stereocenters. The van der Waals surface area contributed by atoms with E-state index in [4.69, 9.17) is 23.7 Å². The molecule has 3 heterocycles. The van der Waals surface area contributed by atoms with Crippen LogP contribution in [0, 0.1) is 5.41 Å². The first kappa shape index (κ1) is 14.7. The van der Waals surface area contributed by atoms with E-state index in [2.05, 4.69) is 0 Å². The molecule has 20 heavy (non-hydrogen) atoms. The van der Waals surface area contributed by atoms with Gasteiger partial charge in [-0.3, -0.25) is 0 Å². The zero-order valence-corrected chi connectivity index (χ0v) is 12.7. The Labute approximate surface area is 119 Å². The third-order valence-corrected chi connectivity index (χ3v) is 4.35. The van der Waals surface area contributed by atoms with Crippen molar-refractivity contribution < 1.29 is 28.8 Å². The van der Waals surface area contributed by atoms with Crippen LogP contribution in [0.25, 0.3) is 0 Å². The highest BCUT2D eigenvalue weighted by Crippen LogP contribution is 2.50. The molecule has 6 heteroatoms. The Bertz CT molecular complexity index is 395. The Morgan fingerprint density at radius 1 is 0.950 bits per heavy atom. The van der Waals surface area contributed by atoms with E-state index < -0.39 is 23.3 Å². The highest BCUT2D eigenvalue weighted by Gasteiger charge is 2.64. The molecule has 0 aromatic carbocycles. The second-order valence-electron chi connectivity index (χ2n) is 7.01. The number of rotatable bonds is 2. The van der Waals surface area contributed by atoms with E-state index >= 15 is 0 Å². The third-order valence-electron chi connectivity index (χ3n) is 4.35. The van der Waals surface area contributed by atoms with Crippen molar-refractivity contribution in [1.82, 2.24) is 0 Å². The number of hydrogen-bond donors (Lipinski definition) is 1. The van der Waals surface area contributed by atoms with Crippen LogP contribution in [0.2, 0.25) is 0 Å². The summed E-state index contributed by atoms with van der Waals surface area (Å²) >= 11 is 0. The number of aliphatic hydroxyl groups is 1. The third kappa shape index (κ3) is 2.19. The van der Waals surface area contributed by atoms with Gasteiger partial charge in [-0.1, -0.05) is 6.92 Å². The summed E-state index contributed by atoms with van der Waals surface area (Å²) < 4.78 is 29.1. The number of hydrogen-bond acceptors (Lipinski definition) is 6. The van der Waals surface area contributed by atoms with Gasteiger partial charge in [0.25, 0.3) is 0 Å². The van der Waals surface area contributed by atoms with Crippen LogP contribution in [0.1, 0.15) is 34.6 Å². The standard InChI is InChI=1S/C14H24O6/c1-12(2)16-6-8(18-12)9-14(5,7-15)10-11(17-9)20-13(3,4)19-10/h8-11,15H,6-7H2,1-5H3/t8-,9-,10+,11-,14-/m1/s1. The van der Waals surface area contributed by atoms with Gasteiger partial charge in [-0.15, -0.1) is 0 Å². The van der Waals surface area contributed by atoms with E-state index in [-0.39, 0.29) is 24.9 Å². The predicted molar refractivity (Wildman–Crippen MR) is 68.8 cm³/mol. The van der Waals surface area contributed by atoms with Gasteiger partial charge in [-0.05, 0) is 27.7 Å². The molecule has 0 aliphatic carbocycles. The number of aliphatic hydroxyl groups excluding tert-OH is 1. The minimum Gasteiger partial charge on any atom is -0.396 e. The number of fused-ring (bicyclic) bond motifs is 1. The Balaban J connectivity index is 1.81. The van der Waals surface area contributed by atoms with E-state index in [1.807, 2.05) is 34.6 Å². The van der Waals surface area contributed by atoms with Crippen LogP contribution in [0.15, 0.2) is 0 Å². The van der Waals surface area contributed by atoms with Crippen molar-refractivity contribution in [2.75, 3.05) is 13.2 Å². The van der Waals surface area contributed by atoms with Crippen molar-refractivity contribution in [3.63, 3.8) is 0 Å². The average molecular weight is 288 g/mol. The van der Waals surface area contributed by atoms with Gasteiger partial charge >= 0.3 is 0 Å². The molecule has 3 saturated heterocycles. The first-order chi connectivity index (χ1) is 9.17. The van der Waals surface area contributed by atoms with Crippen LogP contribution in [0.4, 0.5) is 0 Å². The molecular formula is C14H24O6. The summed E-state index contributed by atoms with van der Waals surface area (Å²) in [6, 6.07) is 0. The Morgan fingerprint density at radius 2 is 1.65 bits per heavy atom. The number of ether oxygens (including phenoxy) is 5. The van der Waals surface area contributed by atoms with Crippen LogP contribution < -0.4 is 0 Å². The summed E-state index contributed by atoms with van der Waals surface area (Å²) in [6.07, 6.45) is -1.33. The fraction of sp³-hybridized carbons (Fsp3) is 1.00. The van der Waals surface area contributed by atoms with Crippen LogP contribution >= 0.6 is 0 Å². The molecule has 0 radical (unpaired) electrons. The molecule has 0 unspecified atom stereocenters. The Hall–Kier alpha value is -0.240. The lowest BCUT2D eigenvalue weighted by atomic mass is 9.79. The van der Waals surface area contributed by atoms with Crippen molar-refractivity contribution in [2.45, 2.75) is 70.8 Å². The fourth-order valence-electron chi connectivity index (χ4n) is 3.29. The topological polar surface area (TPSA) is 66.4 Å². The molecule has 3 fully saturated rings. The van der Waals surface area contributed by atoms with E-state index in [0.717, 1.165) is 0 Å². The van der Waals surface area contributed by atoms with Crippen LogP contribution in [0.5, 0.6) is 0 Å². The van der Waals surface area contributed by atoms with Gasteiger partial charge in [-0.25, -0.2) is 0 Å². The first-order valence-electron chi connectivity index (χ1n) is 7.11. The SMILES string of the molecule is CC1(C)OC[C@H]([C@H]2O[C@@H]3OC(C)(C)O[C@@H]3[C@]2(C)CO)O1. The molecule has 3 aliphatic heterocycles. The van der Waals surface area contributed by atoms with Crippen molar-refractivity contribution in [3.05, 3.63) is 0 Å². The summed E-state index contributed by atoms with van der Waals surface area (Å²) in [4.78, 5) is 0. The molecule has 0 spiro atoms. The molecule has 1 N–H and O–H groups in total. The Morgan fingerprint density at radius 3 is 2.20 bits per heavy atom. The highest BCUT2D eigenvalue weighted by molar-refractivity contribution is 5.04. The van der Waals surface area contributed by atoms with Gasteiger partial charge in [0.15, 0.2) is 17.9 Å². The average Bonchev–Trinajstić information content (AvgIpc) is 2.91. The molecule has 116 valence electrons. The molecule has 3 aliphatic rings. The van der Waals surface area contributed by atoms with Crippen LogP contribution in [-0.2, 0) is 23.7 Å². The Kier molecular flexibility index (Phi) is 3.22. The van der Waals surface area contributed by atoms with Gasteiger partial charge < -0.3 is 28.8 Å². The van der Waals surface area contributed by atoms with E-state index in [1.54, 1.807) is 0 Å². The molecule has 0 saturated carbocycles. The van der Waals surface area contributed by atoms with Crippen molar-refractivity contribution in [1.29, 1.82) is 0 Å².